The van der Waals surface area contributed by atoms with E-state index in [-0.39, 0.29) is 17.1 Å². The maximum atomic E-state index is 12.4. The fraction of sp³-hybridized carbons (Fsp3) is 0.100. The van der Waals surface area contributed by atoms with Crippen molar-refractivity contribution in [3.63, 3.8) is 0 Å². The fourth-order valence-electron chi connectivity index (χ4n) is 2.91. The highest BCUT2D eigenvalue weighted by atomic mass is 35.5. The van der Waals surface area contributed by atoms with E-state index in [4.69, 9.17) is 17.3 Å². The molecular weight excluding hydrogens is 391 g/mol. The SMILES string of the molecule is Cc1c(-c2cccc(Cl)c2)nc(N)c(C#N)c1-c1ccc(OC(F)(F)F)cc1. The van der Waals surface area contributed by atoms with Crippen LogP contribution < -0.4 is 10.5 Å². The molecule has 1 aromatic heterocycles. The van der Waals surface area contributed by atoms with E-state index in [1.807, 2.05) is 6.07 Å². The number of nitriles is 1. The van der Waals surface area contributed by atoms with Gasteiger partial charge in [-0.15, -0.1) is 13.2 Å². The van der Waals surface area contributed by atoms with Gasteiger partial charge < -0.3 is 10.5 Å². The Morgan fingerprint density at radius 2 is 1.79 bits per heavy atom. The molecule has 0 radical (unpaired) electrons. The summed E-state index contributed by atoms with van der Waals surface area (Å²) >= 11 is 6.06. The average molecular weight is 404 g/mol. The smallest absolute Gasteiger partial charge is 0.406 e. The van der Waals surface area contributed by atoms with Gasteiger partial charge in [-0.3, -0.25) is 0 Å². The molecule has 0 spiro atoms. The van der Waals surface area contributed by atoms with Crippen molar-refractivity contribution in [2.45, 2.75) is 13.3 Å². The predicted octanol–water partition coefficient (Wildman–Crippen LogP) is 5.73. The van der Waals surface area contributed by atoms with Gasteiger partial charge in [0.1, 0.15) is 23.2 Å². The van der Waals surface area contributed by atoms with Crippen molar-refractivity contribution in [3.05, 3.63) is 64.7 Å². The molecule has 3 aromatic rings. The number of halogens is 4. The minimum absolute atomic E-state index is 0.0219. The topological polar surface area (TPSA) is 71.9 Å². The molecule has 28 heavy (non-hydrogen) atoms. The van der Waals surface area contributed by atoms with Crippen molar-refractivity contribution in [2.24, 2.45) is 0 Å². The number of ether oxygens (including phenoxy) is 1. The first-order valence-electron chi connectivity index (χ1n) is 8.02. The van der Waals surface area contributed by atoms with Gasteiger partial charge in [0.2, 0.25) is 0 Å². The normalized spacial score (nSPS) is 11.1. The minimum atomic E-state index is -4.78. The van der Waals surface area contributed by atoms with Crippen molar-refractivity contribution in [2.75, 3.05) is 5.73 Å². The number of rotatable bonds is 3. The van der Waals surface area contributed by atoms with Crippen LogP contribution in [0.2, 0.25) is 5.02 Å². The molecule has 0 fully saturated rings. The van der Waals surface area contributed by atoms with Gasteiger partial charge in [-0.2, -0.15) is 5.26 Å². The summed E-state index contributed by atoms with van der Waals surface area (Å²) in [5.41, 5.74) is 9.03. The van der Waals surface area contributed by atoms with Crippen LogP contribution in [0.3, 0.4) is 0 Å². The quantitative estimate of drug-likeness (QED) is 0.606. The molecular formula is C20H13ClF3N3O. The second-order valence-electron chi connectivity index (χ2n) is 5.91. The molecule has 0 aliphatic carbocycles. The molecule has 0 unspecified atom stereocenters. The third-order valence-electron chi connectivity index (χ3n) is 4.06. The molecule has 2 N–H and O–H groups in total. The van der Waals surface area contributed by atoms with E-state index >= 15 is 0 Å². The summed E-state index contributed by atoms with van der Waals surface area (Å²) in [4.78, 5) is 4.33. The van der Waals surface area contributed by atoms with Gasteiger partial charge in [0.15, 0.2) is 0 Å². The highest BCUT2D eigenvalue weighted by Crippen LogP contribution is 2.37. The third kappa shape index (κ3) is 4.02. The lowest BCUT2D eigenvalue weighted by Crippen LogP contribution is -2.16. The number of alkyl halides is 3. The van der Waals surface area contributed by atoms with Crippen molar-refractivity contribution in [1.29, 1.82) is 5.26 Å². The Morgan fingerprint density at radius 1 is 1.11 bits per heavy atom. The molecule has 4 nitrogen and oxygen atoms in total. The average Bonchev–Trinajstić information content (AvgIpc) is 2.62. The van der Waals surface area contributed by atoms with E-state index in [2.05, 4.69) is 9.72 Å². The highest BCUT2D eigenvalue weighted by molar-refractivity contribution is 6.30. The Labute approximate surface area is 164 Å². The minimum Gasteiger partial charge on any atom is -0.406 e. The standard InChI is InChI=1S/C20H13ClF3N3O/c1-11-17(12-5-7-15(8-6-12)28-20(22,23)24)16(10-25)19(26)27-18(11)13-3-2-4-14(21)9-13/h2-9H,1H3,(H2,26,27). The fourth-order valence-corrected chi connectivity index (χ4v) is 3.10. The summed E-state index contributed by atoms with van der Waals surface area (Å²) in [6, 6.07) is 14.2. The van der Waals surface area contributed by atoms with Gasteiger partial charge in [0.05, 0.1) is 5.69 Å². The Kier molecular flexibility index (Phi) is 5.16. The second-order valence-corrected chi connectivity index (χ2v) is 6.35. The number of hydrogen-bond donors (Lipinski definition) is 1. The molecule has 0 aliphatic heterocycles. The van der Waals surface area contributed by atoms with E-state index in [0.29, 0.717) is 33.0 Å². The maximum absolute atomic E-state index is 12.4. The lowest BCUT2D eigenvalue weighted by molar-refractivity contribution is -0.274. The molecule has 0 aliphatic rings. The Hall–Kier alpha value is -3.24. The summed E-state index contributed by atoms with van der Waals surface area (Å²) in [6.07, 6.45) is -4.78. The molecule has 0 atom stereocenters. The number of aromatic nitrogens is 1. The molecule has 8 heteroatoms. The summed E-state index contributed by atoms with van der Waals surface area (Å²) in [6.45, 7) is 1.76. The molecule has 0 saturated heterocycles. The van der Waals surface area contributed by atoms with Crippen LogP contribution in [0.15, 0.2) is 48.5 Å². The van der Waals surface area contributed by atoms with Crippen LogP contribution in [-0.4, -0.2) is 11.3 Å². The number of hydrogen-bond acceptors (Lipinski definition) is 4. The predicted molar refractivity (Wildman–Crippen MR) is 101 cm³/mol. The zero-order valence-electron chi connectivity index (χ0n) is 14.5. The molecule has 3 rings (SSSR count). The molecule has 2 aromatic carbocycles. The van der Waals surface area contributed by atoms with Crippen LogP contribution in [0.1, 0.15) is 11.1 Å². The van der Waals surface area contributed by atoms with E-state index in [1.54, 1.807) is 31.2 Å². The van der Waals surface area contributed by atoms with Gasteiger partial charge in [0, 0.05) is 16.1 Å². The number of nitrogen functional groups attached to an aromatic ring is 1. The number of nitrogens with two attached hydrogens (primary N) is 1. The van der Waals surface area contributed by atoms with Crippen molar-refractivity contribution in [1.82, 2.24) is 4.98 Å². The summed E-state index contributed by atoms with van der Waals surface area (Å²) in [5, 5.41) is 10.0. The van der Waals surface area contributed by atoms with Crippen LogP contribution in [-0.2, 0) is 0 Å². The lowest BCUT2D eigenvalue weighted by atomic mass is 9.93. The molecule has 0 saturated carbocycles. The Morgan fingerprint density at radius 3 is 2.36 bits per heavy atom. The van der Waals surface area contributed by atoms with Gasteiger partial charge >= 0.3 is 6.36 Å². The number of anilines is 1. The first kappa shape index (κ1) is 19.5. The highest BCUT2D eigenvalue weighted by Gasteiger charge is 2.31. The molecule has 0 amide bonds. The third-order valence-corrected chi connectivity index (χ3v) is 4.29. The van der Waals surface area contributed by atoms with Gasteiger partial charge in [0.25, 0.3) is 0 Å². The monoisotopic (exact) mass is 403 g/mol. The van der Waals surface area contributed by atoms with Crippen LogP contribution in [0.4, 0.5) is 19.0 Å². The van der Waals surface area contributed by atoms with E-state index in [9.17, 15) is 18.4 Å². The number of pyridine rings is 1. The largest absolute Gasteiger partial charge is 0.573 e. The van der Waals surface area contributed by atoms with Crippen LogP contribution >= 0.6 is 11.6 Å². The van der Waals surface area contributed by atoms with Gasteiger partial charge in [-0.25, -0.2) is 4.98 Å². The molecule has 0 bridgehead atoms. The van der Waals surface area contributed by atoms with Gasteiger partial charge in [-0.1, -0.05) is 35.9 Å². The molecule has 1 heterocycles. The van der Waals surface area contributed by atoms with Crippen molar-refractivity contribution in [3.8, 4) is 34.2 Å². The van der Waals surface area contributed by atoms with Gasteiger partial charge in [-0.05, 0) is 42.3 Å². The van der Waals surface area contributed by atoms with Crippen LogP contribution in [0, 0.1) is 18.3 Å². The van der Waals surface area contributed by atoms with Crippen molar-refractivity contribution >= 4 is 17.4 Å². The van der Waals surface area contributed by atoms with E-state index in [1.165, 1.54) is 24.3 Å². The Balaban J connectivity index is 2.16. The summed E-state index contributed by atoms with van der Waals surface area (Å²) in [5.74, 6) is -0.335. The first-order valence-corrected chi connectivity index (χ1v) is 8.39. The maximum Gasteiger partial charge on any atom is 0.573 e. The van der Waals surface area contributed by atoms with E-state index in [0.717, 1.165) is 0 Å². The van der Waals surface area contributed by atoms with Crippen LogP contribution in [0.25, 0.3) is 22.4 Å². The lowest BCUT2D eigenvalue weighted by Gasteiger charge is -2.16. The van der Waals surface area contributed by atoms with E-state index < -0.39 is 6.36 Å². The summed E-state index contributed by atoms with van der Waals surface area (Å²) < 4.78 is 41.0. The van der Waals surface area contributed by atoms with Crippen molar-refractivity contribution < 1.29 is 17.9 Å². The van der Waals surface area contributed by atoms with Crippen LogP contribution in [0.5, 0.6) is 5.75 Å². The Bertz CT molecular complexity index is 1070. The second kappa shape index (κ2) is 7.41. The first-order chi connectivity index (χ1) is 13.2. The molecule has 142 valence electrons. The zero-order valence-corrected chi connectivity index (χ0v) is 15.3. The number of nitrogens with zero attached hydrogens (tertiary/aromatic N) is 2. The number of benzene rings is 2. The summed E-state index contributed by atoms with van der Waals surface area (Å²) in [7, 11) is 0. The zero-order chi connectivity index (χ0) is 20.5.